The van der Waals surface area contributed by atoms with Crippen LogP contribution in [0.25, 0.3) is 0 Å². The number of hydrogen-bond acceptors (Lipinski definition) is 5. The summed E-state index contributed by atoms with van der Waals surface area (Å²) in [5.74, 6) is -0.579. The molecule has 0 atom stereocenters. The lowest BCUT2D eigenvalue weighted by atomic mass is 10.1. The second-order valence-corrected chi connectivity index (χ2v) is 4.39. The minimum absolute atomic E-state index is 0.0642. The summed E-state index contributed by atoms with van der Waals surface area (Å²) in [7, 11) is 0. The Morgan fingerprint density at radius 3 is 2.19 bits per heavy atom. The molecule has 6 nitrogen and oxygen atoms in total. The van der Waals surface area contributed by atoms with Gasteiger partial charge in [-0.2, -0.15) is 0 Å². The highest BCUT2D eigenvalue weighted by atomic mass is 16.5. The third kappa shape index (κ3) is 5.61. The molecule has 118 valence electrons. The third-order valence-corrected chi connectivity index (χ3v) is 2.92. The van der Waals surface area contributed by atoms with Gasteiger partial charge in [0.05, 0.1) is 18.8 Å². The molecule has 1 amide bonds. The van der Waals surface area contributed by atoms with E-state index in [4.69, 9.17) is 9.47 Å². The van der Waals surface area contributed by atoms with E-state index in [9.17, 15) is 15.0 Å². The van der Waals surface area contributed by atoms with Gasteiger partial charge in [-0.25, -0.2) is 0 Å². The molecule has 0 spiro atoms. The van der Waals surface area contributed by atoms with Crippen molar-refractivity contribution < 1.29 is 24.5 Å². The van der Waals surface area contributed by atoms with Crippen LogP contribution >= 0.6 is 0 Å². The number of nitrogens with zero attached hydrogens (tertiary/aromatic N) is 1. The number of carbonyl (C=O) groups is 1. The Balaban J connectivity index is 2.79. The summed E-state index contributed by atoms with van der Waals surface area (Å²) in [5, 5.41) is 19.2. The Bertz CT molecular complexity index is 440. The van der Waals surface area contributed by atoms with Gasteiger partial charge in [-0.05, 0) is 32.0 Å². The van der Waals surface area contributed by atoms with Crippen LogP contribution in [0.4, 0.5) is 0 Å². The van der Waals surface area contributed by atoms with E-state index in [0.29, 0.717) is 39.5 Å². The Morgan fingerprint density at radius 2 is 1.67 bits per heavy atom. The van der Waals surface area contributed by atoms with Gasteiger partial charge in [0, 0.05) is 26.3 Å². The first kappa shape index (κ1) is 17.3. The molecule has 2 N–H and O–H groups in total. The van der Waals surface area contributed by atoms with Gasteiger partial charge < -0.3 is 24.6 Å². The third-order valence-electron chi connectivity index (χ3n) is 2.92. The molecule has 0 aliphatic rings. The number of phenols is 2. The number of phenolic OH excluding ortho intramolecular Hbond substituents is 2. The summed E-state index contributed by atoms with van der Waals surface area (Å²) in [6, 6.07) is 3.88. The second-order valence-electron chi connectivity index (χ2n) is 4.39. The normalized spacial score (nSPS) is 10.6. The summed E-state index contributed by atoms with van der Waals surface area (Å²) in [5.41, 5.74) is 0.0722. The molecule has 0 heterocycles. The number of benzene rings is 1. The molecule has 0 saturated heterocycles. The minimum Gasteiger partial charge on any atom is -0.508 e. The van der Waals surface area contributed by atoms with Crippen molar-refractivity contribution in [2.24, 2.45) is 0 Å². The van der Waals surface area contributed by atoms with E-state index in [1.165, 1.54) is 18.2 Å². The molecule has 0 bridgehead atoms. The quantitative estimate of drug-likeness (QED) is 0.535. The molecule has 6 heteroatoms. The van der Waals surface area contributed by atoms with Crippen molar-refractivity contribution >= 4 is 5.91 Å². The summed E-state index contributed by atoms with van der Waals surface area (Å²) in [6.07, 6.45) is 0. The molecule has 0 saturated carbocycles. The summed E-state index contributed by atoms with van der Waals surface area (Å²) >= 11 is 0. The highest BCUT2D eigenvalue weighted by Crippen LogP contribution is 2.23. The molecule has 1 aromatic carbocycles. The molecule has 0 unspecified atom stereocenters. The molecule has 0 aromatic heterocycles. The van der Waals surface area contributed by atoms with Gasteiger partial charge in [0.1, 0.15) is 11.5 Å². The highest BCUT2D eigenvalue weighted by molar-refractivity contribution is 5.97. The predicted molar refractivity (Wildman–Crippen MR) is 78.7 cm³/mol. The fraction of sp³-hybridized carbons (Fsp3) is 0.533. The number of rotatable bonds is 9. The van der Waals surface area contributed by atoms with E-state index < -0.39 is 0 Å². The maximum atomic E-state index is 12.4. The van der Waals surface area contributed by atoms with Crippen molar-refractivity contribution in [1.82, 2.24) is 4.90 Å². The van der Waals surface area contributed by atoms with Crippen LogP contribution in [0.2, 0.25) is 0 Å². The fourth-order valence-electron chi connectivity index (χ4n) is 1.82. The van der Waals surface area contributed by atoms with E-state index >= 15 is 0 Å². The van der Waals surface area contributed by atoms with E-state index in [-0.39, 0.29) is 23.0 Å². The molecule has 21 heavy (non-hydrogen) atoms. The van der Waals surface area contributed by atoms with Crippen molar-refractivity contribution in [1.29, 1.82) is 0 Å². The van der Waals surface area contributed by atoms with Gasteiger partial charge in [0.2, 0.25) is 0 Å². The van der Waals surface area contributed by atoms with E-state index in [1.807, 2.05) is 13.8 Å². The van der Waals surface area contributed by atoms with Crippen LogP contribution in [0.5, 0.6) is 11.5 Å². The van der Waals surface area contributed by atoms with E-state index in [1.54, 1.807) is 4.90 Å². The van der Waals surface area contributed by atoms with Crippen molar-refractivity contribution in [3.05, 3.63) is 23.8 Å². The lowest BCUT2D eigenvalue weighted by Gasteiger charge is -2.23. The topological polar surface area (TPSA) is 79.2 Å². The van der Waals surface area contributed by atoms with Crippen LogP contribution < -0.4 is 0 Å². The Hall–Kier alpha value is -1.79. The maximum absolute atomic E-state index is 12.4. The first-order valence-corrected chi connectivity index (χ1v) is 7.06. The van der Waals surface area contributed by atoms with Crippen molar-refractivity contribution in [3.8, 4) is 11.5 Å². The molecular formula is C15H23NO5. The maximum Gasteiger partial charge on any atom is 0.257 e. The van der Waals surface area contributed by atoms with E-state index in [2.05, 4.69) is 0 Å². The minimum atomic E-state index is -0.359. The number of amides is 1. The van der Waals surface area contributed by atoms with Crippen LogP contribution in [0, 0.1) is 0 Å². The standard InChI is InChI=1S/C15H23NO5/c1-3-20-9-7-16(8-10-21-4-2)15(19)13-11-12(17)5-6-14(13)18/h5-6,11,17-18H,3-4,7-10H2,1-2H3. The van der Waals surface area contributed by atoms with Crippen LogP contribution in [0.1, 0.15) is 24.2 Å². The fourth-order valence-corrected chi connectivity index (χ4v) is 1.82. The summed E-state index contributed by atoms with van der Waals surface area (Å²) < 4.78 is 10.5. The average Bonchev–Trinajstić information content (AvgIpc) is 2.48. The number of ether oxygens (including phenoxy) is 2. The Kier molecular flexibility index (Phi) is 7.56. The van der Waals surface area contributed by atoms with Gasteiger partial charge in [-0.15, -0.1) is 0 Å². The molecule has 1 rings (SSSR count). The highest BCUT2D eigenvalue weighted by Gasteiger charge is 2.19. The monoisotopic (exact) mass is 297 g/mol. The molecule has 0 aliphatic carbocycles. The van der Waals surface area contributed by atoms with Gasteiger partial charge in [-0.1, -0.05) is 0 Å². The number of aromatic hydroxyl groups is 2. The van der Waals surface area contributed by atoms with Gasteiger partial charge in [0.15, 0.2) is 0 Å². The largest absolute Gasteiger partial charge is 0.508 e. The lowest BCUT2D eigenvalue weighted by Crippen LogP contribution is -2.36. The first-order chi connectivity index (χ1) is 10.1. The lowest BCUT2D eigenvalue weighted by molar-refractivity contribution is 0.0547. The molecule has 0 fully saturated rings. The molecular weight excluding hydrogens is 274 g/mol. The Labute approximate surface area is 124 Å². The smallest absolute Gasteiger partial charge is 0.257 e. The van der Waals surface area contributed by atoms with E-state index in [0.717, 1.165) is 0 Å². The average molecular weight is 297 g/mol. The van der Waals surface area contributed by atoms with Gasteiger partial charge in [0.25, 0.3) is 5.91 Å². The van der Waals surface area contributed by atoms with Crippen LogP contribution in [-0.4, -0.2) is 60.5 Å². The second kappa shape index (κ2) is 9.20. The zero-order valence-corrected chi connectivity index (χ0v) is 12.5. The number of carbonyl (C=O) groups excluding carboxylic acids is 1. The predicted octanol–water partition coefficient (Wildman–Crippen LogP) is 1.61. The zero-order valence-electron chi connectivity index (χ0n) is 12.5. The van der Waals surface area contributed by atoms with Crippen LogP contribution in [0.15, 0.2) is 18.2 Å². The zero-order chi connectivity index (χ0) is 15.7. The van der Waals surface area contributed by atoms with Gasteiger partial charge in [-0.3, -0.25) is 4.79 Å². The molecule has 0 aliphatic heterocycles. The summed E-state index contributed by atoms with van der Waals surface area (Å²) in [4.78, 5) is 14.0. The summed E-state index contributed by atoms with van der Waals surface area (Å²) in [6.45, 7) is 6.53. The number of hydrogen-bond donors (Lipinski definition) is 2. The Morgan fingerprint density at radius 1 is 1.10 bits per heavy atom. The van der Waals surface area contributed by atoms with Crippen molar-refractivity contribution in [3.63, 3.8) is 0 Å². The van der Waals surface area contributed by atoms with Crippen molar-refractivity contribution in [2.45, 2.75) is 13.8 Å². The van der Waals surface area contributed by atoms with Gasteiger partial charge >= 0.3 is 0 Å². The van der Waals surface area contributed by atoms with Crippen LogP contribution in [-0.2, 0) is 9.47 Å². The van der Waals surface area contributed by atoms with Crippen LogP contribution in [0.3, 0.4) is 0 Å². The first-order valence-electron chi connectivity index (χ1n) is 7.06. The molecule has 1 aromatic rings. The van der Waals surface area contributed by atoms with Crippen molar-refractivity contribution in [2.75, 3.05) is 39.5 Å². The SMILES string of the molecule is CCOCCN(CCOCC)C(=O)c1cc(O)ccc1O. The molecule has 0 radical (unpaired) electrons.